The van der Waals surface area contributed by atoms with E-state index in [1.54, 1.807) is 42.5 Å². The van der Waals surface area contributed by atoms with Crippen molar-refractivity contribution in [3.8, 4) is 0 Å². The van der Waals surface area contributed by atoms with Crippen molar-refractivity contribution in [2.24, 2.45) is 4.99 Å². The number of carbonyl (C=O) groups excluding carboxylic acids is 2. The van der Waals surface area contributed by atoms with Crippen molar-refractivity contribution >= 4 is 46.4 Å². The summed E-state index contributed by atoms with van der Waals surface area (Å²) in [5.74, 6) is -1.48. The molecule has 0 atom stereocenters. The number of hydrogen-bond acceptors (Lipinski definition) is 5. The number of nitrogens with zero attached hydrogens (tertiary/aromatic N) is 1. The molecule has 6 nitrogen and oxygen atoms in total. The van der Waals surface area contributed by atoms with Crippen LogP contribution in [0.2, 0.25) is 0 Å². The van der Waals surface area contributed by atoms with Crippen LogP contribution in [0.1, 0.15) is 33.2 Å². The lowest BCUT2D eigenvalue weighted by atomic mass is 10.1. The monoisotopic (exact) mass is 366 g/mol. The van der Waals surface area contributed by atoms with Gasteiger partial charge < -0.3 is 10.4 Å². The molecule has 1 amide bonds. The lowest BCUT2D eigenvalue weighted by Crippen LogP contribution is -2.19. The first-order valence-electron chi connectivity index (χ1n) is 7.67. The molecule has 0 saturated carbocycles. The van der Waals surface area contributed by atoms with E-state index in [0.29, 0.717) is 26.9 Å². The van der Waals surface area contributed by atoms with Crippen LogP contribution in [-0.2, 0) is 4.79 Å². The van der Waals surface area contributed by atoms with Crippen LogP contribution < -0.4 is 5.32 Å². The number of nitrogens with one attached hydrogen (secondary N) is 1. The largest absolute Gasteiger partial charge is 0.478 e. The Labute approximate surface area is 153 Å². The molecule has 0 unspecified atom stereocenters. The minimum Gasteiger partial charge on any atom is -0.478 e. The molecular weight excluding hydrogens is 352 g/mol. The van der Waals surface area contributed by atoms with E-state index in [1.807, 2.05) is 0 Å². The lowest BCUT2D eigenvalue weighted by molar-refractivity contribution is -0.115. The number of carboxylic acid groups (broad SMARTS) is 1. The first kappa shape index (κ1) is 17.6. The number of carboxylic acids is 1. The van der Waals surface area contributed by atoms with Gasteiger partial charge in [0.25, 0.3) is 5.91 Å². The number of Topliss-reactive ketones (excluding diaryl/α,β-unsaturated/α-hetero) is 1. The van der Waals surface area contributed by atoms with Crippen molar-refractivity contribution in [2.75, 3.05) is 0 Å². The summed E-state index contributed by atoms with van der Waals surface area (Å²) >= 11 is 1.12. The predicted octanol–water partition coefficient (Wildman–Crippen LogP) is 3.48. The Balaban J connectivity index is 1.89. The van der Waals surface area contributed by atoms with Gasteiger partial charge in [0.2, 0.25) is 0 Å². The van der Waals surface area contributed by atoms with Crippen molar-refractivity contribution in [1.29, 1.82) is 0 Å². The van der Waals surface area contributed by atoms with Gasteiger partial charge in [-0.05, 0) is 48.5 Å². The van der Waals surface area contributed by atoms with Crippen LogP contribution in [0.4, 0.5) is 5.69 Å². The average molecular weight is 366 g/mol. The van der Waals surface area contributed by atoms with Gasteiger partial charge in [0.05, 0.1) is 16.2 Å². The molecule has 0 spiro atoms. The second-order valence-corrected chi connectivity index (χ2v) is 6.51. The van der Waals surface area contributed by atoms with E-state index in [0.717, 1.165) is 11.8 Å². The van der Waals surface area contributed by atoms with Crippen LogP contribution in [0.5, 0.6) is 0 Å². The number of aliphatic imine (C=N–C) groups is 1. The summed E-state index contributed by atoms with van der Waals surface area (Å²) in [6.07, 6.45) is 1.53. The normalized spacial score (nSPS) is 16.7. The predicted molar refractivity (Wildman–Crippen MR) is 101 cm³/mol. The zero-order valence-electron chi connectivity index (χ0n) is 13.7. The van der Waals surface area contributed by atoms with Crippen LogP contribution in [0.15, 0.2) is 58.4 Å². The minimum atomic E-state index is -1.06. The first-order chi connectivity index (χ1) is 12.4. The fourth-order valence-corrected chi connectivity index (χ4v) is 3.18. The summed E-state index contributed by atoms with van der Waals surface area (Å²) < 4.78 is 0. The zero-order chi connectivity index (χ0) is 18.7. The van der Waals surface area contributed by atoms with Gasteiger partial charge in [-0.3, -0.25) is 9.59 Å². The summed E-state index contributed by atoms with van der Waals surface area (Å²) in [4.78, 5) is 39.6. The van der Waals surface area contributed by atoms with Crippen LogP contribution in [0.25, 0.3) is 6.08 Å². The Bertz CT molecular complexity index is 979. The molecule has 7 heteroatoms. The zero-order valence-corrected chi connectivity index (χ0v) is 14.5. The standard InChI is InChI=1S/C19H14N2O4S/c1-11(22)12-6-4-7-14(9-12)20-19-21-17(23)16(26-19)10-13-5-2-3-8-15(13)18(24)25/h2-10H,1H3,(H,24,25)(H,20,21,23)/b16-10+. The van der Waals surface area contributed by atoms with Crippen molar-refractivity contribution in [1.82, 2.24) is 5.32 Å². The van der Waals surface area contributed by atoms with Gasteiger partial charge >= 0.3 is 5.97 Å². The van der Waals surface area contributed by atoms with E-state index in [1.165, 1.54) is 19.1 Å². The maximum atomic E-state index is 12.2. The molecule has 1 saturated heterocycles. The van der Waals surface area contributed by atoms with Gasteiger partial charge in [0, 0.05) is 5.56 Å². The maximum absolute atomic E-state index is 12.2. The number of rotatable bonds is 4. The highest BCUT2D eigenvalue weighted by Gasteiger charge is 2.24. The molecule has 2 aromatic carbocycles. The number of benzene rings is 2. The molecular formula is C19H14N2O4S. The van der Waals surface area contributed by atoms with Gasteiger partial charge in [0.1, 0.15) is 0 Å². The molecule has 0 aliphatic carbocycles. The smallest absolute Gasteiger partial charge is 0.336 e. The van der Waals surface area contributed by atoms with Gasteiger partial charge in [-0.1, -0.05) is 30.3 Å². The van der Waals surface area contributed by atoms with Crippen LogP contribution in [0.3, 0.4) is 0 Å². The minimum absolute atomic E-state index is 0.0685. The van der Waals surface area contributed by atoms with Crippen molar-refractivity contribution < 1.29 is 19.5 Å². The Hall–Kier alpha value is -3.19. The summed E-state index contributed by atoms with van der Waals surface area (Å²) in [6.45, 7) is 1.47. The van der Waals surface area contributed by atoms with Gasteiger partial charge in [0.15, 0.2) is 11.0 Å². The number of ketones is 1. The summed E-state index contributed by atoms with van der Waals surface area (Å²) in [6, 6.07) is 13.2. The van der Waals surface area contributed by atoms with Gasteiger partial charge in [-0.2, -0.15) is 0 Å². The first-order valence-corrected chi connectivity index (χ1v) is 8.48. The SMILES string of the molecule is CC(=O)c1cccc(N=C2NC(=O)/C(=C\c3ccccc3C(=O)O)S2)c1. The number of amides is 1. The fourth-order valence-electron chi connectivity index (χ4n) is 2.35. The number of amidine groups is 1. The molecule has 130 valence electrons. The number of carbonyl (C=O) groups is 3. The summed E-state index contributed by atoms with van der Waals surface area (Å²) in [7, 11) is 0. The number of aromatic carboxylic acids is 1. The highest BCUT2D eigenvalue weighted by molar-refractivity contribution is 8.18. The van der Waals surface area contributed by atoms with E-state index in [-0.39, 0.29) is 17.3 Å². The maximum Gasteiger partial charge on any atom is 0.336 e. The topological polar surface area (TPSA) is 95.8 Å². The van der Waals surface area contributed by atoms with Crippen LogP contribution >= 0.6 is 11.8 Å². The third-order valence-electron chi connectivity index (χ3n) is 3.61. The van der Waals surface area contributed by atoms with E-state index in [9.17, 15) is 19.5 Å². The summed E-state index contributed by atoms with van der Waals surface area (Å²) in [5.41, 5.74) is 1.64. The highest BCUT2D eigenvalue weighted by atomic mass is 32.2. The third-order valence-corrected chi connectivity index (χ3v) is 4.52. The van der Waals surface area contributed by atoms with E-state index in [4.69, 9.17) is 0 Å². The Kier molecular flexibility index (Phi) is 4.99. The molecule has 2 aromatic rings. The Morgan fingerprint density at radius 1 is 1.15 bits per heavy atom. The lowest BCUT2D eigenvalue weighted by Gasteiger charge is -2.00. The quantitative estimate of drug-likeness (QED) is 0.638. The molecule has 0 aromatic heterocycles. The highest BCUT2D eigenvalue weighted by Crippen LogP contribution is 2.29. The summed E-state index contributed by atoms with van der Waals surface area (Å²) in [5, 5.41) is 12.2. The molecule has 2 N–H and O–H groups in total. The van der Waals surface area contributed by atoms with Crippen molar-refractivity contribution in [3.05, 3.63) is 70.1 Å². The molecule has 1 heterocycles. The second kappa shape index (κ2) is 7.37. The second-order valence-electron chi connectivity index (χ2n) is 5.48. The molecule has 0 radical (unpaired) electrons. The molecule has 26 heavy (non-hydrogen) atoms. The number of hydrogen-bond donors (Lipinski definition) is 2. The van der Waals surface area contributed by atoms with Crippen molar-refractivity contribution in [3.63, 3.8) is 0 Å². The molecule has 1 aliphatic rings. The molecule has 1 aliphatic heterocycles. The van der Waals surface area contributed by atoms with Crippen LogP contribution in [-0.4, -0.2) is 27.9 Å². The fraction of sp³-hybridized carbons (Fsp3) is 0.0526. The Morgan fingerprint density at radius 2 is 1.92 bits per heavy atom. The van der Waals surface area contributed by atoms with Gasteiger partial charge in [-0.25, -0.2) is 9.79 Å². The van der Waals surface area contributed by atoms with Crippen LogP contribution in [0, 0.1) is 0 Å². The van der Waals surface area contributed by atoms with E-state index < -0.39 is 5.97 Å². The van der Waals surface area contributed by atoms with E-state index >= 15 is 0 Å². The average Bonchev–Trinajstić information content (AvgIpc) is 2.94. The molecule has 3 rings (SSSR count). The third kappa shape index (κ3) is 3.89. The van der Waals surface area contributed by atoms with E-state index in [2.05, 4.69) is 10.3 Å². The number of thioether (sulfide) groups is 1. The Morgan fingerprint density at radius 3 is 2.65 bits per heavy atom. The van der Waals surface area contributed by atoms with Crippen molar-refractivity contribution in [2.45, 2.75) is 6.92 Å². The molecule has 0 bridgehead atoms. The molecule has 1 fully saturated rings. The van der Waals surface area contributed by atoms with Gasteiger partial charge in [-0.15, -0.1) is 0 Å².